The van der Waals surface area contributed by atoms with Crippen LogP contribution in [0.4, 0.5) is 0 Å². The summed E-state index contributed by atoms with van der Waals surface area (Å²) in [6.45, 7) is 0.345. The monoisotopic (exact) mass is 354 g/mol. The molecule has 5 rings (SSSR count). The first-order valence-corrected chi connectivity index (χ1v) is 8.45. The van der Waals surface area contributed by atoms with E-state index in [1.165, 1.54) is 0 Å². The number of hydrogen-bond donors (Lipinski definition) is 1. The minimum absolute atomic E-state index is 0.254. The molecule has 0 saturated carbocycles. The maximum absolute atomic E-state index is 11.2. The Balaban J connectivity index is 1.66. The van der Waals surface area contributed by atoms with Crippen molar-refractivity contribution >= 4 is 11.0 Å². The zero-order valence-electron chi connectivity index (χ0n) is 14.4. The summed E-state index contributed by atoms with van der Waals surface area (Å²) >= 11 is 0. The minimum atomic E-state index is -0.719. The van der Waals surface area contributed by atoms with Crippen molar-refractivity contribution in [1.82, 2.24) is 0 Å². The van der Waals surface area contributed by atoms with Gasteiger partial charge in [0.2, 0.25) is 0 Å². The third-order valence-electron chi connectivity index (χ3n) is 5.22. The van der Waals surface area contributed by atoms with Gasteiger partial charge in [-0.3, -0.25) is 0 Å². The smallest absolute Gasteiger partial charge is 0.164 e. The molecule has 3 atom stereocenters. The molecule has 2 aliphatic heterocycles. The fourth-order valence-electron chi connectivity index (χ4n) is 3.96. The average molecular weight is 354 g/mol. The molecular formula is C20H18O6. The van der Waals surface area contributed by atoms with Gasteiger partial charge in [0.1, 0.15) is 29.8 Å². The maximum atomic E-state index is 11.2. The van der Waals surface area contributed by atoms with Gasteiger partial charge in [-0.15, -0.1) is 0 Å². The third-order valence-corrected chi connectivity index (χ3v) is 5.22. The summed E-state index contributed by atoms with van der Waals surface area (Å²) in [5.74, 6) is 2.28. The lowest BCUT2D eigenvalue weighted by atomic mass is 9.80. The predicted molar refractivity (Wildman–Crippen MR) is 93.4 cm³/mol. The van der Waals surface area contributed by atoms with Gasteiger partial charge in [-0.05, 0) is 24.3 Å². The van der Waals surface area contributed by atoms with E-state index in [4.69, 9.17) is 23.4 Å². The number of rotatable bonds is 2. The van der Waals surface area contributed by atoms with Gasteiger partial charge in [0, 0.05) is 17.2 Å². The van der Waals surface area contributed by atoms with E-state index in [1.807, 2.05) is 24.3 Å². The molecule has 0 saturated heterocycles. The molecule has 1 N–H and O–H groups in total. The van der Waals surface area contributed by atoms with E-state index in [0.717, 1.165) is 22.1 Å². The van der Waals surface area contributed by atoms with E-state index in [-0.39, 0.29) is 12.0 Å². The van der Waals surface area contributed by atoms with Gasteiger partial charge in [0.15, 0.2) is 11.5 Å². The zero-order valence-corrected chi connectivity index (χ0v) is 14.4. The van der Waals surface area contributed by atoms with Crippen LogP contribution in [-0.4, -0.2) is 32.0 Å². The highest BCUT2D eigenvalue weighted by Crippen LogP contribution is 2.52. The van der Waals surface area contributed by atoms with Crippen LogP contribution in [0.3, 0.4) is 0 Å². The Morgan fingerprint density at radius 1 is 1.04 bits per heavy atom. The van der Waals surface area contributed by atoms with Gasteiger partial charge in [0.25, 0.3) is 0 Å². The minimum Gasteiger partial charge on any atom is -0.493 e. The van der Waals surface area contributed by atoms with Crippen molar-refractivity contribution in [2.24, 2.45) is 0 Å². The topological polar surface area (TPSA) is 70.3 Å². The Kier molecular flexibility index (Phi) is 3.30. The molecule has 0 bridgehead atoms. The Hall–Kier alpha value is -2.86. The normalized spacial score (nSPS) is 23.3. The van der Waals surface area contributed by atoms with E-state index in [1.54, 1.807) is 26.5 Å². The molecule has 26 heavy (non-hydrogen) atoms. The molecule has 0 unspecified atom stereocenters. The summed E-state index contributed by atoms with van der Waals surface area (Å²) in [6.07, 6.45) is 0.601. The van der Waals surface area contributed by atoms with Crippen LogP contribution in [0.15, 0.2) is 41.0 Å². The molecule has 1 aromatic heterocycles. The first kappa shape index (κ1) is 15.4. The van der Waals surface area contributed by atoms with Crippen molar-refractivity contribution in [2.45, 2.75) is 18.1 Å². The van der Waals surface area contributed by atoms with Crippen molar-refractivity contribution in [3.05, 3.63) is 47.7 Å². The zero-order chi connectivity index (χ0) is 17.8. The van der Waals surface area contributed by atoms with Crippen LogP contribution in [0.2, 0.25) is 0 Å². The van der Waals surface area contributed by atoms with E-state index < -0.39 is 6.10 Å². The fraction of sp³-hybridized carbons (Fsp3) is 0.300. The number of aliphatic hydroxyl groups is 1. The second kappa shape index (κ2) is 5.57. The van der Waals surface area contributed by atoms with Gasteiger partial charge < -0.3 is 28.5 Å². The van der Waals surface area contributed by atoms with Gasteiger partial charge in [-0.2, -0.15) is 0 Å². The number of hydrogen-bond acceptors (Lipinski definition) is 6. The number of fused-ring (bicyclic) bond motifs is 6. The Labute approximate surface area is 149 Å². The van der Waals surface area contributed by atoms with E-state index in [9.17, 15) is 5.11 Å². The standard InChI is InChI=1S/C20H18O6/c1-22-15-7-12-14(8-16(15)23-2)25-9-17-18(12)19(21)11-3-4-13-10(5-6-24-13)20(11)26-17/h3-8,17-19,21H,9H2,1-2H3/t17-,18-,19-/m1/s1. The second-order valence-electron chi connectivity index (χ2n) is 6.50. The molecule has 6 nitrogen and oxygen atoms in total. The van der Waals surface area contributed by atoms with Crippen LogP contribution in [0, 0.1) is 0 Å². The summed E-state index contributed by atoms with van der Waals surface area (Å²) in [4.78, 5) is 0. The Morgan fingerprint density at radius 3 is 2.65 bits per heavy atom. The van der Waals surface area contributed by atoms with Crippen LogP contribution < -0.4 is 18.9 Å². The molecular weight excluding hydrogens is 336 g/mol. The van der Waals surface area contributed by atoms with Gasteiger partial charge in [0.05, 0.1) is 37.9 Å². The molecule has 0 fully saturated rings. The van der Waals surface area contributed by atoms with E-state index >= 15 is 0 Å². The Morgan fingerprint density at radius 2 is 1.85 bits per heavy atom. The van der Waals surface area contributed by atoms with Crippen molar-refractivity contribution in [3.8, 4) is 23.0 Å². The first-order chi connectivity index (χ1) is 12.7. The molecule has 3 heterocycles. The summed E-state index contributed by atoms with van der Waals surface area (Å²) in [5.41, 5.74) is 2.34. The molecule has 0 amide bonds. The summed E-state index contributed by atoms with van der Waals surface area (Å²) in [7, 11) is 3.17. The van der Waals surface area contributed by atoms with E-state index in [2.05, 4.69) is 0 Å². The highest BCUT2D eigenvalue weighted by atomic mass is 16.5. The number of benzene rings is 2. The summed E-state index contributed by atoms with van der Waals surface area (Å²) in [6, 6.07) is 9.23. The number of aliphatic hydroxyl groups excluding tert-OH is 1. The maximum Gasteiger partial charge on any atom is 0.164 e. The van der Waals surface area contributed by atoms with Crippen LogP contribution in [0.1, 0.15) is 23.1 Å². The highest BCUT2D eigenvalue weighted by molar-refractivity contribution is 5.86. The SMILES string of the molecule is COc1cc2c(cc1OC)[C@H]1[C@H](O)c3ccc4occc4c3O[C@@H]1CO2. The van der Waals surface area contributed by atoms with Crippen molar-refractivity contribution in [3.63, 3.8) is 0 Å². The first-order valence-electron chi connectivity index (χ1n) is 8.45. The van der Waals surface area contributed by atoms with Crippen molar-refractivity contribution in [2.75, 3.05) is 20.8 Å². The van der Waals surface area contributed by atoms with E-state index in [0.29, 0.717) is 29.6 Å². The van der Waals surface area contributed by atoms with Crippen LogP contribution in [0.5, 0.6) is 23.0 Å². The van der Waals surface area contributed by atoms with Gasteiger partial charge in [-0.1, -0.05) is 0 Å². The molecule has 0 aliphatic carbocycles. The third kappa shape index (κ3) is 2.02. The largest absolute Gasteiger partial charge is 0.493 e. The quantitative estimate of drug-likeness (QED) is 0.760. The number of methoxy groups -OCH3 is 2. The lowest BCUT2D eigenvalue weighted by Gasteiger charge is -2.41. The molecule has 2 aromatic carbocycles. The molecule has 3 aromatic rings. The second-order valence-corrected chi connectivity index (χ2v) is 6.50. The Bertz CT molecular complexity index is 991. The molecule has 0 radical (unpaired) electrons. The fourth-order valence-corrected chi connectivity index (χ4v) is 3.96. The summed E-state index contributed by atoms with van der Waals surface area (Å²) in [5, 5.41) is 12.0. The average Bonchev–Trinajstić information content (AvgIpc) is 3.15. The lowest BCUT2D eigenvalue weighted by Crippen LogP contribution is -2.41. The van der Waals surface area contributed by atoms with Crippen LogP contribution in [0.25, 0.3) is 11.0 Å². The summed E-state index contributed by atoms with van der Waals surface area (Å²) < 4.78 is 28.4. The molecule has 2 aliphatic rings. The van der Waals surface area contributed by atoms with Gasteiger partial charge in [-0.25, -0.2) is 0 Å². The highest BCUT2D eigenvalue weighted by Gasteiger charge is 2.44. The van der Waals surface area contributed by atoms with Crippen LogP contribution >= 0.6 is 0 Å². The van der Waals surface area contributed by atoms with Gasteiger partial charge >= 0.3 is 0 Å². The predicted octanol–water partition coefficient (Wildman–Crippen LogP) is 3.42. The molecule has 6 heteroatoms. The molecule has 134 valence electrons. The van der Waals surface area contributed by atoms with Crippen molar-refractivity contribution in [1.29, 1.82) is 0 Å². The molecule has 0 spiro atoms. The van der Waals surface area contributed by atoms with Crippen molar-refractivity contribution < 1.29 is 28.5 Å². The van der Waals surface area contributed by atoms with Crippen LogP contribution in [-0.2, 0) is 0 Å². The number of furan rings is 1. The number of ether oxygens (including phenoxy) is 4. The lowest BCUT2D eigenvalue weighted by molar-refractivity contribution is 0.00247.